The standard InChI is InChI=1S/C32H42N4O5/c1-4-7-24-27-12-10-20(2)31(38)35-26-14-15-40-28-13-11-21(16-25(26)28)8-5-6-9-23-17-29(37)36(32(33)34-23)30(24)22(18-39-3)19-41-27/h7,10-13,16,22-23,26,30H,4-6,8-9,14-15,17-19H2,1-3H3,(H2,33,34)(H,35,38)/b20-10+,24-7-,27-12+. The maximum absolute atomic E-state index is 13.6. The van der Waals surface area contributed by atoms with Crippen molar-refractivity contribution in [1.29, 1.82) is 0 Å². The monoisotopic (exact) mass is 562 g/mol. The van der Waals surface area contributed by atoms with Gasteiger partial charge < -0.3 is 25.3 Å². The van der Waals surface area contributed by atoms with Crippen LogP contribution in [0.25, 0.3) is 0 Å². The van der Waals surface area contributed by atoms with Gasteiger partial charge >= 0.3 is 0 Å². The molecule has 1 fully saturated rings. The van der Waals surface area contributed by atoms with Crippen LogP contribution in [0.15, 0.2) is 58.3 Å². The van der Waals surface area contributed by atoms with Crippen LogP contribution >= 0.6 is 0 Å². The van der Waals surface area contributed by atoms with Crippen molar-refractivity contribution in [2.45, 2.75) is 76.9 Å². The number of carbonyl (C=O) groups excluding carboxylic acids is 2. The topological polar surface area (TPSA) is 115 Å². The molecule has 9 heteroatoms. The lowest BCUT2D eigenvalue weighted by Gasteiger charge is -2.43. The van der Waals surface area contributed by atoms with Gasteiger partial charge in [0.1, 0.15) is 11.5 Å². The molecule has 9 nitrogen and oxygen atoms in total. The highest BCUT2D eigenvalue weighted by Gasteiger charge is 2.43. The smallest absolute Gasteiger partial charge is 0.247 e. The summed E-state index contributed by atoms with van der Waals surface area (Å²) in [4.78, 5) is 33.4. The van der Waals surface area contributed by atoms with Gasteiger partial charge in [0.25, 0.3) is 0 Å². The second kappa shape index (κ2) is 12.9. The van der Waals surface area contributed by atoms with E-state index >= 15 is 0 Å². The number of benzene rings is 1. The molecule has 5 heterocycles. The van der Waals surface area contributed by atoms with Crippen LogP contribution in [0.2, 0.25) is 0 Å². The average Bonchev–Trinajstić information content (AvgIpc) is 2.95. The van der Waals surface area contributed by atoms with Crippen LogP contribution in [-0.4, -0.2) is 61.7 Å². The van der Waals surface area contributed by atoms with Crippen molar-refractivity contribution in [3.8, 4) is 5.75 Å². The van der Waals surface area contributed by atoms with Crippen LogP contribution in [0.4, 0.5) is 0 Å². The number of nitrogens with one attached hydrogen (secondary N) is 1. The van der Waals surface area contributed by atoms with Gasteiger partial charge in [0.15, 0.2) is 5.96 Å². The summed E-state index contributed by atoms with van der Waals surface area (Å²) in [6.07, 6.45) is 11.1. The number of rotatable bonds is 3. The zero-order valence-corrected chi connectivity index (χ0v) is 24.4. The molecule has 5 aliphatic heterocycles. The van der Waals surface area contributed by atoms with Crippen LogP contribution in [0, 0.1) is 5.92 Å². The number of methoxy groups -OCH3 is 1. The first-order valence-electron chi connectivity index (χ1n) is 14.8. The van der Waals surface area contributed by atoms with Gasteiger partial charge in [-0.3, -0.25) is 14.5 Å². The van der Waals surface area contributed by atoms with Gasteiger partial charge in [-0.15, -0.1) is 0 Å². The van der Waals surface area contributed by atoms with Crippen LogP contribution in [0.5, 0.6) is 5.75 Å². The molecule has 0 aromatic heterocycles. The molecule has 6 rings (SSSR count). The molecule has 4 unspecified atom stereocenters. The molecule has 2 amide bonds. The highest BCUT2D eigenvalue weighted by Crippen LogP contribution is 2.36. The number of nitrogens with zero attached hydrogens (tertiary/aromatic N) is 2. The molecule has 0 saturated carbocycles. The molecule has 6 bridgehead atoms. The predicted octanol–water partition coefficient (Wildman–Crippen LogP) is 4.10. The van der Waals surface area contributed by atoms with Crippen LogP contribution in [-0.2, 0) is 25.5 Å². The summed E-state index contributed by atoms with van der Waals surface area (Å²) < 4.78 is 17.6. The summed E-state index contributed by atoms with van der Waals surface area (Å²) in [6.45, 7) is 5.16. The number of nitrogens with two attached hydrogens (primary N) is 1. The van der Waals surface area contributed by atoms with Gasteiger partial charge in [-0.05, 0) is 50.3 Å². The summed E-state index contributed by atoms with van der Waals surface area (Å²) in [5.41, 5.74) is 10.2. The van der Waals surface area contributed by atoms with Crippen molar-refractivity contribution in [1.82, 2.24) is 10.2 Å². The van der Waals surface area contributed by atoms with Crippen LogP contribution < -0.4 is 15.8 Å². The summed E-state index contributed by atoms with van der Waals surface area (Å²) in [6, 6.07) is 5.66. The summed E-state index contributed by atoms with van der Waals surface area (Å²) >= 11 is 0. The van der Waals surface area contributed by atoms with Crippen LogP contribution in [0.3, 0.4) is 0 Å². The predicted molar refractivity (Wildman–Crippen MR) is 157 cm³/mol. The Hall–Kier alpha value is -3.59. The first-order chi connectivity index (χ1) is 19.9. The van der Waals surface area contributed by atoms with E-state index in [0.29, 0.717) is 37.6 Å². The third kappa shape index (κ3) is 6.35. The van der Waals surface area contributed by atoms with E-state index in [2.05, 4.69) is 23.5 Å². The normalized spacial score (nSPS) is 30.7. The molecular formula is C32H42N4O5. The number of guanidine groups is 1. The first-order valence-corrected chi connectivity index (χ1v) is 14.8. The number of hydrogen-bond donors (Lipinski definition) is 2. The third-order valence-corrected chi connectivity index (χ3v) is 8.34. The van der Waals surface area contributed by atoms with Gasteiger partial charge in [-0.2, -0.15) is 0 Å². The Morgan fingerprint density at radius 3 is 2.83 bits per heavy atom. The Morgan fingerprint density at radius 2 is 2.05 bits per heavy atom. The molecule has 1 aromatic rings. The number of ether oxygens (including phenoxy) is 3. The summed E-state index contributed by atoms with van der Waals surface area (Å²) in [5, 5.41) is 3.22. The molecule has 4 atom stereocenters. The highest BCUT2D eigenvalue weighted by atomic mass is 16.5. The minimum absolute atomic E-state index is 0.0295. The number of allylic oxidation sites excluding steroid dienone is 3. The fraction of sp³-hybridized carbons (Fsp3) is 0.531. The minimum Gasteiger partial charge on any atom is -0.493 e. The van der Waals surface area contributed by atoms with E-state index in [-0.39, 0.29) is 41.8 Å². The van der Waals surface area contributed by atoms with E-state index in [4.69, 9.17) is 24.9 Å². The van der Waals surface area contributed by atoms with Crippen molar-refractivity contribution in [2.75, 3.05) is 26.9 Å². The number of amides is 2. The van der Waals surface area contributed by atoms with E-state index in [1.807, 2.05) is 19.1 Å². The summed E-state index contributed by atoms with van der Waals surface area (Å²) in [7, 11) is 1.65. The Bertz CT molecular complexity index is 1280. The van der Waals surface area contributed by atoms with Gasteiger partial charge in [0.05, 0.1) is 37.9 Å². The summed E-state index contributed by atoms with van der Waals surface area (Å²) in [5.74, 6) is 1.41. The fourth-order valence-corrected chi connectivity index (χ4v) is 6.25. The van der Waals surface area contributed by atoms with Crippen molar-refractivity contribution in [3.63, 3.8) is 0 Å². The molecule has 0 radical (unpaired) electrons. The van der Waals surface area contributed by atoms with Crippen molar-refractivity contribution in [3.05, 3.63) is 64.5 Å². The van der Waals surface area contributed by atoms with Gasteiger partial charge in [0, 0.05) is 42.6 Å². The zero-order chi connectivity index (χ0) is 28.9. The Morgan fingerprint density at radius 1 is 1.20 bits per heavy atom. The molecule has 3 N–H and O–H groups in total. The number of carbonyl (C=O) groups is 2. The fourth-order valence-electron chi connectivity index (χ4n) is 6.25. The van der Waals surface area contributed by atoms with Gasteiger partial charge in [-0.25, -0.2) is 4.99 Å². The van der Waals surface area contributed by atoms with Crippen molar-refractivity contribution < 1.29 is 23.8 Å². The molecule has 5 aliphatic rings. The SMILES string of the molecule is CC/C=C1/C2=C\C=C(/C)C(=O)NC3CCOc4ccc(cc43)CCCCC3CC(=O)N(C(N)=N3)C1C(COC)CO2. The highest BCUT2D eigenvalue weighted by molar-refractivity contribution is 5.99. The number of fused-ring (bicyclic) bond motifs is 7. The minimum atomic E-state index is -0.370. The Kier molecular flexibility index (Phi) is 9.12. The molecule has 220 valence electrons. The van der Waals surface area contributed by atoms with Gasteiger partial charge in [-0.1, -0.05) is 37.6 Å². The number of aliphatic imine (C=N–C) groups is 1. The molecule has 41 heavy (non-hydrogen) atoms. The van der Waals surface area contributed by atoms with Gasteiger partial charge in [0.2, 0.25) is 11.8 Å². The van der Waals surface area contributed by atoms with Crippen LogP contribution in [0.1, 0.15) is 69.5 Å². The first kappa shape index (κ1) is 28.9. The lowest BCUT2D eigenvalue weighted by Crippen LogP contribution is -2.58. The molecule has 1 aromatic carbocycles. The average molecular weight is 563 g/mol. The third-order valence-electron chi connectivity index (χ3n) is 8.34. The van der Waals surface area contributed by atoms with E-state index < -0.39 is 0 Å². The van der Waals surface area contributed by atoms with E-state index in [1.54, 1.807) is 25.0 Å². The largest absolute Gasteiger partial charge is 0.493 e. The maximum Gasteiger partial charge on any atom is 0.247 e. The lowest BCUT2D eigenvalue weighted by atomic mass is 9.86. The second-order valence-corrected chi connectivity index (χ2v) is 11.3. The Labute approximate surface area is 242 Å². The number of hydrogen-bond acceptors (Lipinski definition) is 7. The lowest BCUT2D eigenvalue weighted by molar-refractivity contribution is -0.131. The second-order valence-electron chi connectivity index (χ2n) is 11.3. The molecule has 0 spiro atoms. The zero-order valence-electron chi connectivity index (χ0n) is 24.4. The Balaban J connectivity index is 1.54. The molecule has 1 saturated heterocycles. The van der Waals surface area contributed by atoms with Crippen molar-refractivity contribution in [2.24, 2.45) is 16.6 Å². The molecular weight excluding hydrogens is 520 g/mol. The van der Waals surface area contributed by atoms with E-state index in [0.717, 1.165) is 55.4 Å². The number of aryl methyl sites for hydroxylation is 1. The molecule has 0 aliphatic carbocycles. The van der Waals surface area contributed by atoms with E-state index in [1.165, 1.54) is 5.56 Å². The quantitative estimate of drug-likeness (QED) is 0.573. The van der Waals surface area contributed by atoms with E-state index in [9.17, 15) is 9.59 Å². The maximum atomic E-state index is 13.6. The van der Waals surface area contributed by atoms with Crippen molar-refractivity contribution >= 4 is 17.8 Å².